The zero-order valence-electron chi connectivity index (χ0n) is 9.18. The summed E-state index contributed by atoms with van der Waals surface area (Å²) in [5.74, 6) is 0. The molecule has 0 unspecified atom stereocenters. The van der Waals surface area contributed by atoms with Gasteiger partial charge < -0.3 is 5.32 Å². The molecule has 1 aromatic carbocycles. The van der Waals surface area contributed by atoms with Crippen molar-refractivity contribution in [3.8, 4) is 0 Å². The highest BCUT2D eigenvalue weighted by atomic mass is 32.2. The average molecular weight is 251 g/mol. The molecule has 0 bridgehead atoms. The number of anilines is 1. The van der Waals surface area contributed by atoms with Crippen molar-refractivity contribution in [3.05, 3.63) is 35.9 Å². The second-order valence-corrected chi connectivity index (χ2v) is 5.86. The summed E-state index contributed by atoms with van der Waals surface area (Å²) in [6.07, 6.45) is 0. The zero-order valence-corrected chi connectivity index (χ0v) is 10.8. The minimum absolute atomic E-state index is 0.402. The van der Waals surface area contributed by atoms with Crippen molar-refractivity contribution in [2.45, 2.75) is 16.5 Å². The Morgan fingerprint density at radius 2 is 2.00 bits per heavy atom. The molecule has 2 aromatic rings. The Labute approximate surface area is 103 Å². The first-order valence-electron chi connectivity index (χ1n) is 5.02. The van der Waals surface area contributed by atoms with E-state index in [0.717, 1.165) is 9.47 Å². The predicted octanol–water partition coefficient (Wildman–Crippen LogP) is 3.43. The molecule has 1 aromatic heterocycles. The van der Waals surface area contributed by atoms with Gasteiger partial charge in [-0.25, -0.2) is 0 Å². The molecule has 0 amide bonds. The lowest BCUT2D eigenvalue weighted by molar-refractivity contribution is 1.000. The highest BCUT2D eigenvalue weighted by Crippen LogP contribution is 2.36. The first-order chi connectivity index (χ1) is 7.79. The van der Waals surface area contributed by atoms with Crippen LogP contribution in [0.2, 0.25) is 0 Å². The lowest BCUT2D eigenvalue weighted by atomic mass is 10.2. The van der Waals surface area contributed by atoms with E-state index in [9.17, 15) is 0 Å². The van der Waals surface area contributed by atoms with Gasteiger partial charge in [0, 0.05) is 12.3 Å². The largest absolute Gasteiger partial charge is 0.363 e. The topological polar surface area (TPSA) is 37.8 Å². The number of nitrogens with one attached hydrogen (secondary N) is 1. The van der Waals surface area contributed by atoms with E-state index in [1.54, 1.807) is 23.1 Å². The lowest BCUT2D eigenvalue weighted by Crippen LogP contribution is -1.86. The van der Waals surface area contributed by atoms with Crippen LogP contribution < -0.4 is 5.32 Å². The quantitative estimate of drug-likeness (QED) is 0.845. The van der Waals surface area contributed by atoms with Gasteiger partial charge in [0.1, 0.15) is 0 Å². The molecule has 0 saturated heterocycles. The van der Waals surface area contributed by atoms with Crippen LogP contribution in [-0.4, -0.2) is 17.2 Å². The summed E-state index contributed by atoms with van der Waals surface area (Å²) >= 11 is 3.32. The average Bonchev–Trinajstić information content (AvgIpc) is 2.78. The molecule has 84 valence electrons. The summed E-state index contributed by atoms with van der Waals surface area (Å²) in [6.45, 7) is 2.18. The Bertz CT molecular complexity index is 442. The molecule has 5 heteroatoms. The van der Waals surface area contributed by atoms with Crippen molar-refractivity contribution in [3.63, 3.8) is 0 Å². The van der Waals surface area contributed by atoms with Crippen molar-refractivity contribution in [1.82, 2.24) is 10.2 Å². The number of benzene rings is 1. The highest BCUT2D eigenvalue weighted by Gasteiger charge is 2.10. The molecule has 2 rings (SSSR count). The van der Waals surface area contributed by atoms with E-state index >= 15 is 0 Å². The predicted molar refractivity (Wildman–Crippen MR) is 70.2 cm³/mol. The molecule has 0 aliphatic rings. The minimum atomic E-state index is 0.402. The van der Waals surface area contributed by atoms with Crippen molar-refractivity contribution in [1.29, 1.82) is 0 Å². The van der Waals surface area contributed by atoms with E-state index in [0.29, 0.717) is 5.25 Å². The molecule has 3 nitrogen and oxygen atoms in total. The third kappa shape index (κ3) is 2.74. The molecule has 1 atom stereocenters. The molecule has 0 aliphatic heterocycles. The first kappa shape index (κ1) is 11.4. The molecule has 16 heavy (non-hydrogen) atoms. The molecular weight excluding hydrogens is 238 g/mol. The Morgan fingerprint density at radius 1 is 1.25 bits per heavy atom. The second-order valence-electron chi connectivity index (χ2n) is 3.29. The number of rotatable bonds is 4. The van der Waals surface area contributed by atoms with E-state index in [1.165, 1.54) is 5.56 Å². The van der Waals surface area contributed by atoms with Crippen molar-refractivity contribution >= 4 is 28.2 Å². The molecule has 0 aliphatic carbocycles. The summed E-state index contributed by atoms with van der Waals surface area (Å²) in [5.41, 5.74) is 1.31. The SMILES string of the molecule is CNc1nnc(S[C@H](C)c2ccccc2)s1. The van der Waals surface area contributed by atoms with Crippen LogP contribution in [-0.2, 0) is 0 Å². The smallest absolute Gasteiger partial charge is 0.206 e. The van der Waals surface area contributed by atoms with Crippen molar-refractivity contribution in [2.75, 3.05) is 12.4 Å². The van der Waals surface area contributed by atoms with E-state index in [-0.39, 0.29) is 0 Å². The van der Waals surface area contributed by atoms with Crippen LogP contribution in [0.3, 0.4) is 0 Å². The first-order valence-corrected chi connectivity index (χ1v) is 6.72. The normalized spacial score (nSPS) is 12.4. The van der Waals surface area contributed by atoms with Crippen LogP contribution in [0, 0.1) is 0 Å². The van der Waals surface area contributed by atoms with Gasteiger partial charge in [-0.3, -0.25) is 0 Å². The van der Waals surface area contributed by atoms with Crippen molar-refractivity contribution in [2.24, 2.45) is 0 Å². The summed E-state index contributed by atoms with van der Waals surface area (Å²) in [5, 5.41) is 12.4. The fourth-order valence-corrected chi connectivity index (χ4v) is 3.28. The summed E-state index contributed by atoms with van der Waals surface area (Å²) in [6, 6.07) is 10.4. The van der Waals surface area contributed by atoms with Crippen LogP contribution in [0.15, 0.2) is 34.7 Å². The van der Waals surface area contributed by atoms with Crippen LogP contribution in [0.4, 0.5) is 5.13 Å². The van der Waals surface area contributed by atoms with Gasteiger partial charge in [0.2, 0.25) is 5.13 Å². The summed E-state index contributed by atoms with van der Waals surface area (Å²) in [7, 11) is 1.86. The third-order valence-corrected chi connectivity index (χ3v) is 4.35. The molecule has 0 radical (unpaired) electrons. The van der Waals surface area contributed by atoms with Gasteiger partial charge >= 0.3 is 0 Å². The van der Waals surface area contributed by atoms with Gasteiger partial charge in [-0.2, -0.15) is 0 Å². The number of hydrogen-bond acceptors (Lipinski definition) is 5. The highest BCUT2D eigenvalue weighted by molar-refractivity contribution is 8.01. The molecule has 0 spiro atoms. The van der Waals surface area contributed by atoms with E-state index < -0.39 is 0 Å². The number of thioether (sulfide) groups is 1. The Balaban J connectivity index is 2.05. The number of aromatic nitrogens is 2. The van der Waals surface area contributed by atoms with Gasteiger partial charge in [-0.05, 0) is 12.5 Å². The van der Waals surface area contributed by atoms with Crippen LogP contribution in [0.1, 0.15) is 17.7 Å². The monoisotopic (exact) mass is 251 g/mol. The minimum Gasteiger partial charge on any atom is -0.363 e. The Morgan fingerprint density at radius 3 is 2.62 bits per heavy atom. The van der Waals surface area contributed by atoms with Gasteiger partial charge in [-0.15, -0.1) is 10.2 Å². The summed E-state index contributed by atoms with van der Waals surface area (Å²) < 4.78 is 1.00. The number of hydrogen-bond donors (Lipinski definition) is 1. The van der Waals surface area contributed by atoms with Gasteiger partial charge in [-0.1, -0.05) is 53.4 Å². The second kappa shape index (κ2) is 5.32. The molecule has 0 fully saturated rings. The Hall–Kier alpha value is -1.07. The Kier molecular flexibility index (Phi) is 3.79. The fraction of sp³-hybridized carbons (Fsp3) is 0.273. The molecule has 0 saturated carbocycles. The third-order valence-electron chi connectivity index (χ3n) is 2.17. The number of nitrogens with zero attached hydrogens (tertiary/aromatic N) is 2. The standard InChI is InChI=1S/C11H13N3S2/c1-8(9-6-4-3-5-7-9)15-11-14-13-10(12-2)16-11/h3-8H,1-2H3,(H,12,13)/t8-/m1/s1. The summed E-state index contributed by atoms with van der Waals surface area (Å²) in [4.78, 5) is 0. The van der Waals surface area contributed by atoms with Crippen LogP contribution in [0.5, 0.6) is 0 Å². The fourth-order valence-electron chi connectivity index (χ4n) is 1.30. The molecular formula is C11H13N3S2. The lowest BCUT2D eigenvalue weighted by Gasteiger charge is -2.08. The maximum absolute atomic E-state index is 4.12. The van der Waals surface area contributed by atoms with Gasteiger partial charge in [0.25, 0.3) is 0 Å². The van der Waals surface area contributed by atoms with E-state index in [2.05, 4.69) is 46.7 Å². The molecule has 1 heterocycles. The van der Waals surface area contributed by atoms with E-state index in [4.69, 9.17) is 0 Å². The van der Waals surface area contributed by atoms with Crippen LogP contribution in [0.25, 0.3) is 0 Å². The van der Waals surface area contributed by atoms with Gasteiger partial charge in [0.15, 0.2) is 4.34 Å². The van der Waals surface area contributed by atoms with Gasteiger partial charge in [0.05, 0.1) is 0 Å². The van der Waals surface area contributed by atoms with Crippen molar-refractivity contribution < 1.29 is 0 Å². The maximum atomic E-state index is 4.12. The maximum Gasteiger partial charge on any atom is 0.206 e. The molecule has 1 N–H and O–H groups in total. The van der Waals surface area contributed by atoms with E-state index in [1.807, 2.05) is 13.1 Å². The zero-order chi connectivity index (χ0) is 11.4. The van der Waals surface area contributed by atoms with Crippen LogP contribution >= 0.6 is 23.1 Å².